The minimum atomic E-state index is -4.71. The zero-order chi connectivity index (χ0) is 24.2. The SMILES string of the molecule is C/C=C\C=N/C1=NC(C(=O)N2C[C@H]3CC(c4ccccc4OC(F)(F)F)C[C@H]3C2)=S1C.CC. The molecular weight excluding hydrogens is 451 g/mol. The van der Waals surface area contributed by atoms with Gasteiger partial charge in [-0.25, -0.2) is 9.98 Å². The molecule has 1 saturated heterocycles. The van der Waals surface area contributed by atoms with Crippen LogP contribution in [0.1, 0.15) is 45.1 Å². The third-order valence-electron chi connectivity index (χ3n) is 6.03. The molecule has 1 aromatic carbocycles. The molecule has 1 aromatic rings. The molecule has 33 heavy (non-hydrogen) atoms. The Morgan fingerprint density at radius 1 is 1.21 bits per heavy atom. The van der Waals surface area contributed by atoms with Crippen molar-refractivity contribution in [2.24, 2.45) is 21.8 Å². The van der Waals surface area contributed by atoms with Crippen LogP contribution in [0.25, 0.3) is 0 Å². The number of hydrogen-bond acceptors (Lipinski definition) is 4. The Morgan fingerprint density at radius 3 is 2.42 bits per heavy atom. The number of carbonyl (C=O) groups excluding carboxylic acids is 1. The number of nitrogens with zero attached hydrogens (tertiary/aromatic N) is 3. The van der Waals surface area contributed by atoms with Crippen molar-refractivity contribution in [2.45, 2.75) is 45.9 Å². The fourth-order valence-corrected chi connectivity index (χ4v) is 5.74. The number of allylic oxidation sites excluding steroid dienone is 2. The highest BCUT2D eigenvalue weighted by Crippen LogP contribution is 2.48. The molecule has 1 saturated carbocycles. The summed E-state index contributed by atoms with van der Waals surface area (Å²) in [5.74, 6) is 0.413. The van der Waals surface area contributed by atoms with Crippen LogP contribution in [0.2, 0.25) is 0 Å². The number of amides is 1. The maximum absolute atomic E-state index is 12.9. The van der Waals surface area contributed by atoms with Gasteiger partial charge in [0, 0.05) is 19.3 Å². The van der Waals surface area contributed by atoms with Gasteiger partial charge in [-0.1, -0.05) is 48.6 Å². The van der Waals surface area contributed by atoms with Gasteiger partial charge in [0.15, 0.2) is 10.2 Å². The number of hydrogen-bond donors (Lipinski definition) is 0. The summed E-state index contributed by atoms with van der Waals surface area (Å²) in [5, 5.41) is 0.683. The summed E-state index contributed by atoms with van der Waals surface area (Å²) in [6, 6.07) is 6.38. The van der Waals surface area contributed by atoms with Crippen molar-refractivity contribution in [3.05, 3.63) is 42.0 Å². The normalized spacial score (nSPS) is 26.7. The Hall–Kier alpha value is -2.42. The summed E-state index contributed by atoms with van der Waals surface area (Å²) in [4.78, 5) is 23.9. The monoisotopic (exact) mass is 481 g/mol. The Bertz CT molecular complexity index is 987. The van der Waals surface area contributed by atoms with E-state index in [-0.39, 0.29) is 39.9 Å². The molecule has 0 radical (unpaired) electrons. The first-order valence-corrected chi connectivity index (χ1v) is 12.8. The van der Waals surface area contributed by atoms with Crippen molar-refractivity contribution in [2.75, 3.05) is 19.3 Å². The first kappa shape index (κ1) is 25.2. The van der Waals surface area contributed by atoms with E-state index in [2.05, 4.69) is 14.7 Å². The number of alkyl halides is 3. The highest BCUT2D eigenvalue weighted by molar-refractivity contribution is 8.30. The molecule has 4 atom stereocenters. The Morgan fingerprint density at radius 2 is 1.85 bits per heavy atom. The number of amidine groups is 1. The molecule has 0 aromatic heterocycles. The minimum Gasteiger partial charge on any atom is -0.405 e. The first-order valence-electron chi connectivity index (χ1n) is 11.2. The predicted molar refractivity (Wildman–Crippen MR) is 129 cm³/mol. The van der Waals surface area contributed by atoms with Crippen molar-refractivity contribution in [3.63, 3.8) is 0 Å². The van der Waals surface area contributed by atoms with E-state index in [0.29, 0.717) is 28.8 Å². The number of fused-ring (bicyclic) bond motifs is 1. The lowest BCUT2D eigenvalue weighted by atomic mass is 9.95. The van der Waals surface area contributed by atoms with E-state index in [1.54, 1.807) is 24.4 Å². The van der Waals surface area contributed by atoms with Gasteiger partial charge in [-0.05, 0) is 61.5 Å². The lowest BCUT2D eigenvalue weighted by molar-refractivity contribution is -0.275. The topological polar surface area (TPSA) is 54.3 Å². The zero-order valence-corrected chi connectivity index (χ0v) is 20.1. The summed E-state index contributed by atoms with van der Waals surface area (Å²) in [7, 11) is -0.383. The maximum atomic E-state index is 12.9. The molecular formula is C24H30F3N3O2S. The van der Waals surface area contributed by atoms with Gasteiger partial charge in [-0.15, -0.1) is 13.2 Å². The van der Waals surface area contributed by atoms with Crippen LogP contribution >= 0.6 is 10.5 Å². The highest BCUT2D eigenvalue weighted by Gasteiger charge is 2.45. The van der Waals surface area contributed by atoms with E-state index in [1.165, 1.54) is 6.07 Å². The fraction of sp³-hybridized carbons (Fsp3) is 0.500. The number of para-hydroxylation sites is 1. The van der Waals surface area contributed by atoms with Gasteiger partial charge in [-0.2, -0.15) is 0 Å². The van der Waals surface area contributed by atoms with Gasteiger partial charge in [0.25, 0.3) is 5.91 Å². The number of ether oxygens (including phenoxy) is 1. The molecule has 0 spiro atoms. The van der Waals surface area contributed by atoms with Gasteiger partial charge < -0.3 is 9.64 Å². The molecule has 2 aliphatic heterocycles. The van der Waals surface area contributed by atoms with Crippen LogP contribution in [-0.4, -0.2) is 52.9 Å². The Kier molecular flexibility index (Phi) is 8.15. The van der Waals surface area contributed by atoms with Crippen molar-refractivity contribution < 1.29 is 22.7 Å². The summed E-state index contributed by atoms with van der Waals surface area (Å²) in [6.07, 6.45) is 4.11. The van der Waals surface area contributed by atoms with Crippen LogP contribution in [0.4, 0.5) is 13.2 Å². The minimum absolute atomic E-state index is 0.00791. The summed E-state index contributed by atoms with van der Waals surface area (Å²) in [6.45, 7) is 7.14. The predicted octanol–water partition coefficient (Wildman–Crippen LogP) is 5.61. The van der Waals surface area contributed by atoms with Crippen LogP contribution in [0.5, 0.6) is 5.75 Å². The second kappa shape index (κ2) is 10.7. The molecule has 2 heterocycles. The lowest BCUT2D eigenvalue weighted by Crippen LogP contribution is -2.37. The molecule has 180 valence electrons. The van der Waals surface area contributed by atoms with Gasteiger partial charge in [-0.3, -0.25) is 4.79 Å². The lowest BCUT2D eigenvalue weighted by Gasteiger charge is -2.24. The van der Waals surface area contributed by atoms with E-state index in [4.69, 9.17) is 0 Å². The van der Waals surface area contributed by atoms with Gasteiger partial charge in [0.2, 0.25) is 0 Å². The first-order chi connectivity index (χ1) is 15.8. The average molecular weight is 482 g/mol. The molecule has 2 fully saturated rings. The van der Waals surface area contributed by atoms with Crippen LogP contribution in [-0.2, 0) is 4.79 Å². The number of likely N-dealkylation sites (tertiary alicyclic amines) is 1. The van der Waals surface area contributed by atoms with E-state index >= 15 is 0 Å². The van der Waals surface area contributed by atoms with Crippen molar-refractivity contribution in [1.82, 2.24) is 4.90 Å². The smallest absolute Gasteiger partial charge is 0.405 e. The second-order valence-electron chi connectivity index (χ2n) is 8.00. The Labute approximate surface area is 195 Å². The number of rotatable bonds is 4. The largest absolute Gasteiger partial charge is 0.573 e. The highest BCUT2D eigenvalue weighted by atomic mass is 32.2. The molecule has 3 aliphatic rings. The van der Waals surface area contributed by atoms with Gasteiger partial charge in [0.1, 0.15) is 5.75 Å². The summed E-state index contributed by atoms with van der Waals surface area (Å²) < 4.78 is 42.5. The summed E-state index contributed by atoms with van der Waals surface area (Å²) in [5.41, 5.74) is 0.601. The molecule has 5 nitrogen and oxygen atoms in total. The van der Waals surface area contributed by atoms with Gasteiger partial charge in [0.05, 0.1) is 0 Å². The van der Waals surface area contributed by atoms with E-state index in [1.807, 2.05) is 44.1 Å². The van der Waals surface area contributed by atoms with E-state index in [9.17, 15) is 18.0 Å². The number of carbonyl (C=O) groups is 1. The molecule has 4 rings (SSSR count). The van der Waals surface area contributed by atoms with Crippen molar-refractivity contribution in [1.29, 1.82) is 0 Å². The number of halogens is 3. The van der Waals surface area contributed by atoms with E-state index < -0.39 is 6.36 Å². The average Bonchev–Trinajstić information content (AvgIpc) is 3.35. The van der Waals surface area contributed by atoms with Crippen molar-refractivity contribution in [3.8, 4) is 5.75 Å². The molecule has 1 amide bonds. The van der Waals surface area contributed by atoms with Crippen LogP contribution in [0, 0.1) is 11.8 Å². The van der Waals surface area contributed by atoms with Crippen molar-refractivity contribution >= 4 is 32.8 Å². The molecule has 2 unspecified atom stereocenters. The third-order valence-corrected chi connectivity index (χ3v) is 7.62. The number of benzene rings is 1. The molecule has 9 heteroatoms. The molecule has 0 bridgehead atoms. The van der Waals surface area contributed by atoms with Gasteiger partial charge >= 0.3 is 6.36 Å². The maximum Gasteiger partial charge on any atom is 0.573 e. The third kappa shape index (κ3) is 5.75. The quantitative estimate of drug-likeness (QED) is 0.415. The fourth-order valence-electron chi connectivity index (χ4n) is 4.64. The summed E-state index contributed by atoms with van der Waals surface area (Å²) >= 11 is 0. The number of aliphatic imine (C=N–C) groups is 2. The standard InChI is InChI=1S/C22H24F3N3O2S.C2H6/c1-3-4-9-26-21-27-19(31(21)2)20(29)28-12-15-10-14(11-16(15)13-28)17-7-5-6-8-18(17)30-22(23,24)25;1-2/h3-9,14-16H,10-13H2,1-2H3;1-2H3/b4-3-,26-9-;/t14?,15-,16+,31?;. The molecule has 1 aliphatic carbocycles. The molecule has 0 N–H and O–H groups in total. The van der Waals surface area contributed by atoms with Crippen LogP contribution < -0.4 is 4.74 Å². The zero-order valence-electron chi connectivity index (χ0n) is 19.3. The van der Waals surface area contributed by atoms with Crippen LogP contribution in [0.15, 0.2) is 46.4 Å². The van der Waals surface area contributed by atoms with Crippen LogP contribution in [0.3, 0.4) is 0 Å². The van der Waals surface area contributed by atoms with E-state index in [0.717, 1.165) is 12.8 Å². The Balaban J connectivity index is 0.00000149. The second-order valence-corrected chi connectivity index (χ2v) is 9.77.